The summed E-state index contributed by atoms with van der Waals surface area (Å²) in [5.41, 5.74) is 4.73. The summed E-state index contributed by atoms with van der Waals surface area (Å²) in [5.74, 6) is -0.743. The lowest BCUT2D eigenvalue weighted by Gasteiger charge is -2.23. The van der Waals surface area contributed by atoms with Crippen LogP contribution in [0.1, 0.15) is 50.8 Å². The molecule has 0 radical (unpaired) electrons. The van der Waals surface area contributed by atoms with E-state index in [1.807, 2.05) is 54.6 Å². The Morgan fingerprint density at radius 1 is 0.950 bits per heavy atom. The predicted octanol–water partition coefficient (Wildman–Crippen LogP) is 4.79. The Labute approximate surface area is 235 Å². The highest BCUT2D eigenvalue weighted by Crippen LogP contribution is 2.24. The van der Waals surface area contributed by atoms with E-state index in [0.29, 0.717) is 27.9 Å². The zero-order valence-corrected chi connectivity index (χ0v) is 23.0. The van der Waals surface area contributed by atoms with E-state index in [0.717, 1.165) is 43.9 Å². The summed E-state index contributed by atoms with van der Waals surface area (Å²) in [6.45, 7) is 5.67. The molecule has 0 aromatic heterocycles. The first-order valence-corrected chi connectivity index (χ1v) is 13.5. The Morgan fingerprint density at radius 3 is 2.48 bits per heavy atom. The fourth-order valence-electron chi connectivity index (χ4n) is 4.58. The number of hydrogen-bond donors (Lipinski definition) is 3. The topological polar surface area (TPSA) is 106 Å². The number of esters is 1. The largest absolute Gasteiger partial charge is 0.462 e. The monoisotopic (exact) mass is 540 g/mol. The average Bonchev–Trinajstić information content (AvgIpc) is 3.20. The Kier molecular flexibility index (Phi) is 9.83. The van der Waals surface area contributed by atoms with Crippen molar-refractivity contribution in [2.45, 2.75) is 13.3 Å². The van der Waals surface area contributed by atoms with Crippen LogP contribution in [0, 0.1) is 5.41 Å². The van der Waals surface area contributed by atoms with Crippen molar-refractivity contribution in [2.24, 2.45) is 0 Å². The minimum absolute atomic E-state index is 0.135. The molecule has 3 aromatic carbocycles. The second-order valence-electron chi connectivity index (χ2n) is 9.76. The SMILES string of the molecule is CCOC(=O)c1ccc(/C=C/c2cccc(C(=N)CO)c2)c(NC(=O)c2ccc(N3CCCN(C)CC3)cc2)c1. The molecule has 40 heavy (non-hydrogen) atoms. The fraction of sp³-hybridized carbons (Fsp3) is 0.281. The molecule has 8 nitrogen and oxygen atoms in total. The maximum Gasteiger partial charge on any atom is 0.338 e. The van der Waals surface area contributed by atoms with Crippen molar-refractivity contribution in [3.8, 4) is 0 Å². The first-order chi connectivity index (χ1) is 19.4. The number of ether oxygens (including phenoxy) is 1. The molecule has 0 spiro atoms. The van der Waals surface area contributed by atoms with Crippen LogP contribution in [-0.4, -0.2) is 74.0 Å². The summed E-state index contributed by atoms with van der Waals surface area (Å²) in [6, 6.07) is 19.9. The summed E-state index contributed by atoms with van der Waals surface area (Å²) >= 11 is 0. The lowest BCUT2D eigenvalue weighted by Crippen LogP contribution is -2.28. The highest BCUT2D eigenvalue weighted by Gasteiger charge is 2.15. The zero-order chi connectivity index (χ0) is 28.5. The van der Waals surface area contributed by atoms with Gasteiger partial charge in [-0.1, -0.05) is 36.4 Å². The number of carbonyl (C=O) groups excluding carboxylic acids is 2. The summed E-state index contributed by atoms with van der Waals surface area (Å²) in [7, 11) is 2.14. The maximum absolute atomic E-state index is 13.3. The quantitative estimate of drug-likeness (QED) is 0.205. The zero-order valence-electron chi connectivity index (χ0n) is 23.0. The third-order valence-electron chi connectivity index (χ3n) is 6.88. The number of amides is 1. The van der Waals surface area contributed by atoms with Crippen LogP contribution in [0.25, 0.3) is 12.2 Å². The van der Waals surface area contributed by atoms with Gasteiger partial charge in [0.15, 0.2) is 0 Å². The minimum Gasteiger partial charge on any atom is -0.462 e. The Morgan fingerprint density at radius 2 is 1.73 bits per heavy atom. The van der Waals surface area contributed by atoms with Crippen molar-refractivity contribution < 1.29 is 19.4 Å². The van der Waals surface area contributed by atoms with Gasteiger partial charge in [0.2, 0.25) is 0 Å². The first kappa shape index (κ1) is 28.7. The van der Waals surface area contributed by atoms with Gasteiger partial charge in [0.05, 0.1) is 24.5 Å². The lowest BCUT2D eigenvalue weighted by molar-refractivity contribution is 0.0526. The molecule has 0 unspecified atom stereocenters. The Balaban J connectivity index is 1.56. The van der Waals surface area contributed by atoms with Crippen molar-refractivity contribution >= 4 is 41.1 Å². The lowest BCUT2D eigenvalue weighted by atomic mass is 10.0. The number of benzene rings is 3. The van der Waals surface area contributed by atoms with Crippen LogP contribution in [-0.2, 0) is 4.74 Å². The number of hydrogen-bond acceptors (Lipinski definition) is 7. The molecule has 8 heteroatoms. The number of nitrogens with one attached hydrogen (secondary N) is 2. The van der Waals surface area contributed by atoms with Crippen molar-refractivity contribution in [1.29, 1.82) is 5.41 Å². The van der Waals surface area contributed by atoms with Gasteiger partial charge < -0.3 is 30.4 Å². The molecule has 1 saturated heterocycles. The molecule has 1 amide bonds. The molecule has 3 aromatic rings. The molecule has 208 valence electrons. The number of aliphatic hydroxyl groups is 1. The summed E-state index contributed by atoms with van der Waals surface area (Å²) < 4.78 is 5.16. The smallest absolute Gasteiger partial charge is 0.338 e. The maximum atomic E-state index is 13.3. The third-order valence-corrected chi connectivity index (χ3v) is 6.88. The molecule has 0 aliphatic carbocycles. The minimum atomic E-state index is -0.462. The van der Waals surface area contributed by atoms with Crippen molar-refractivity contribution in [2.75, 3.05) is 56.7 Å². The van der Waals surface area contributed by atoms with Crippen LogP contribution >= 0.6 is 0 Å². The normalized spacial score (nSPS) is 14.1. The number of aliphatic hydroxyl groups excluding tert-OH is 1. The molecule has 3 N–H and O–H groups in total. The van der Waals surface area contributed by atoms with E-state index in [4.69, 9.17) is 10.1 Å². The van der Waals surface area contributed by atoms with E-state index >= 15 is 0 Å². The predicted molar refractivity (Wildman–Crippen MR) is 160 cm³/mol. The van der Waals surface area contributed by atoms with E-state index in [1.54, 1.807) is 31.2 Å². The molecular formula is C32H36N4O4. The van der Waals surface area contributed by atoms with Crippen molar-refractivity contribution in [3.63, 3.8) is 0 Å². The highest BCUT2D eigenvalue weighted by atomic mass is 16.5. The molecular weight excluding hydrogens is 504 g/mol. The number of rotatable bonds is 9. The van der Waals surface area contributed by atoms with Crippen LogP contribution < -0.4 is 10.2 Å². The molecule has 4 rings (SSSR count). The van der Waals surface area contributed by atoms with Gasteiger partial charge in [0.1, 0.15) is 0 Å². The number of carbonyl (C=O) groups is 2. The summed E-state index contributed by atoms with van der Waals surface area (Å²) in [6.07, 6.45) is 4.79. The van der Waals surface area contributed by atoms with Gasteiger partial charge >= 0.3 is 5.97 Å². The molecule has 0 atom stereocenters. The number of likely N-dealkylation sites (N-methyl/N-ethyl adjacent to an activating group) is 1. The molecule has 0 saturated carbocycles. The van der Waals surface area contributed by atoms with E-state index in [2.05, 4.69) is 22.2 Å². The van der Waals surface area contributed by atoms with Crippen LogP contribution in [0.2, 0.25) is 0 Å². The van der Waals surface area contributed by atoms with E-state index in [9.17, 15) is 14.7 Å². The number of nitrogens with zero attached hydrogens (tertiary/aromatic N) is 2. The van der Waals surface area contributed by atoms with Gasteiger partial charge in [-0.15, -0.1) is 0 Å². The molecule has 1 aliphatic rings. The summed E-state index contributed by atoms with van der Waals surface area (Å²) in [5, 5.41) is 20.1. The molecule has 1 heterocycles. The van der Waals surface area contributed by atoms with Gasteiger partial charge in [-0.2, -0.15) is 0 Å². The second kappa shape index (κ2) is 13.7. The standard InChI is InChI=1S/C32H36N4O4/c1-3-40-32(39)27-11-10-24(9-8-23-6-4-7-26(20-23)29(33)22-37)30(21-27)34-31(38)25-12-14-28(15-13-25)36-17-5-16-35(2)18-19-36/h4,6-15,20-21,33,37H,3,5,16-19,22H2,1-2H3,(H,34,38)/b9-8+,33-29?. The van der Waals surface area contributed by atoms with Gasteiger partial charge in [0, 0.05) is 36.6 Å². The van der Waals surface area contributed by atoms with Crippen LogP contribution in [0.3, 0.4) is 0 Å². The second-order valence-corrected chi connectivity index (χ2v) is 9.76. The van der Waals surface area contributed by atoms with Crippen LogP contribution in [0.15, 0.2) is 66.7 Å². The van der Waals surface area contributed by atoms with E-state index in [-0.39, 0.29) is 24.8 Å². The molecule has 1 aliphatic heterocycles. The summed E-state index contributed by atoms with van der Waals surface area (Å²) in [4.78, 5) is 30.3. The number of anilines is 2. The Bertz CT molecular complexity index is 1380. The van der Waals surface area contributed by atoms with Gasteiger partial charge in [-0.3, -0.25) is 4.79 Å². The Hall–Kier alpha value is -4.27. The molecule has 0 bridgehead atoms. The van der Waals surface area contributed by atoms with Crippen LogP contribution in [0.5, 0.6) is 0 Å². The van der Waals surface area contributed by atoms with Gasteiger partial charge in [0.25, 0.3) is 5.91 Å². The third kappa shape index (κ3) is 7.43. The molecule has 1 fully saturated rings. The van der Waals surface area contributed by atoms with E-state index in [1.165, 1.54) is 0 Å². The van der Waals surface area contributed by atoms with Gasteiger partial charge in [-0.25, -0.2) is 4.79 Å². The van der Waals surface area contributed by atoms with Gasteiger partial charge in [-0.05, 0) is 86.1 Å². The van der Waals surface area contributed by atoms with Crippen molar-refractivity contribution in [3.05, 3.63) is 94.5 Å². The van der Waals surface area contributed by atoms with Crippen molar-refractivity contribution in [1.82, 2.24) is 4.90 Å². The first-order valence-electron chi connectivity index (χ1n) is 13.5. The highest BCUT2D eigenvalue weighted by molar-refractivity contribution is 6.06. The van der Waals surface area contributed by atoms with E-state index < -0.39 is 5.97 Å². The average molecular weight is 541 g/mol. The van der Waals surface area contributed by atoms with Crippen LogP contribution in [0.4, 0.5) is 11.4 Å². The fourth-order valence-corrected chi connectivity index (χ4v) is 4.58.